The van der Waals surface area contributed by atoms with Crippen molar-refractivity contribution >= 4 is 29.4 Å². The van der Waals surface area contributed by atoms with Gasteiger partial charge in [-0.1, -0.05) is 36.4 Å². The number of rotatable bonds is 11. The number of aryl methyl sites for hydroxylation is 2. The second-order valence-electron chi connectivity index (χ2n) is 7.41. The van der Waals surface area contributed by atoms with Gasteiger partial charge in [0.1, 0.15) is 0 Å². The van der Waals surface area contributed by atoms with Crippen LogP contribution in [-0.4, -0.2) is 39.4 Å². The second kappa shape index (κ2) is 14.3. The molecule has 31 heavy (non-hydrogen) atoms. The van der Waals surface area contributed by atoms with Crippen molar-refractivity contribution in [2.45, 2.75) is 44.6 Å². The van der Waals surface area contributed by atoms with Crippen molar-refractivity contribution in [3.05, 3.63) is 76.0 Å². The summed E-state index contributed by atoms with van der Waals surface area (Å²) in [5, 5.41) is 24.8. The number of benzene rings is 1. The topological polar surface area (TPSA) is 121 Å². The van der Waals surface area contributed by atoms with Gasteiger partial charge in [-0.25, -0.2) is 9.59 Å². The Kier molecular flexibility index (Phi) is 12.1. The molecule has 0 saturated carbocycles. The van der Waals surface area contributed by atoms with E-state index in [1.165, 1.54) is 21.7 Å². The van der Waals surface area contributed by atoms with E-state index in [1.54, 1.807) is 0 Å². The molecule has 0 aliphatic heterocycles. The third kappa shape index (κ3) is 13.2. The first kappa shape index (κ1) is 26.3. The van der Waals surface area contributed by atoms with E-state index in [1.807, 2.05) is 18.3 Å². The van der Waals surface area contributed by atoms with Crippen LogP contribution in [0.1, 0.15) is 41.5 Å². The van der Waals surface area contributed by atoms with Gasteiger partial charge in [-0.2, -0.15) is 0 Å². The highest BCUT2D eigenvalue weighted by Gasteiger charge is 2.16. The van der Waals surface area contributed by atoms with Gasteiger partial charge in [0.05, 0.1) is 6.61 Å². The van der Waals surface area contributed by atoms with Gasteiger partial charge in [0.2, 0.25) is 0 Å². The lowest BCUT2D eigenvalue weighted by Crippen LogP contribution is -2.40. The standard InChI is InChI=1S/C20H27NOS.C4H4O4/c1-20(21,16-22)15-14-19-13-12-18(23-19)11-7-3-6-10-17-8-4-2-5-9-17;5-3(6)1-2-4(7)8/h2,4-5,7-9,11-13,22H,3,6,10,14-16,21H2,1H3;1-2H,(H,5,6)(H,7,8)/b11-7+;2-1-. The van der Waals surface area contributed by atoms with Crippen molar-refractivity contribution in [3.63, 3.8) is 0 Å². The molecule has 0 aliphatic rings. The van der Waals surface area contributed by atoms with Crippen LogP contribution in [0, 0.1) is 0 Å². The van der Waals surface area contributed by atoms with Crippen LogP contribution in [0.25, 0.3) is 6.08 Å². The minimum atomic E-state index is -1.26. The fourth-order valence-electron chi connectivity index (χ4n) is 2.52. The Morgan fingerprint density at radius 1 is 1.03 bits per heavy atom. The van der Waals surface area contributed by atoms with Crippen LogP contribution in [0.15, 0.2) is 60.7 Å². The SMILES string of the molecule is CC(N)(CO)CCc1ccc(/C=C/CCCc2ccccc2)s1.O=C(O)/C=C\C(=O)O. The molecular weight excluding hydrogens is 414 g/mol. The first-order valence-corrected chi connectivity index (χ1v) is 10.9. The van der Waals surface area contributed by atoms with Crippen LogP contribution in [0.2, 0.25) is 0 Å². The highest BCUT2D eigenvalue weighted by molar-refractivity contribution is 7.12. The van der Waals surface area contributed by atoms with Gasteiger partial charge in [-0.15, -0.1) is 11.3 Å². The summed E-state index contributed by atoms with van der Waals surface area (Å²) in [6.45, 7) is 1.93. The van der Waals surface area contributed by atoms with Gasteiger partial charge in [0, 0.05) is 27.4 Å². The third-order valence-corrected chi connectivity index (χ3v) is 5.43. The maximum atomic E-state index is 9.55. The van der Waals surface area contributed by atoms with Gasteiger partial charge in [-0.05, 0) is 62.8 Å². The molecule has 168 valence electrons. The van der Waals surface area contributed by atoms with Crippen molar-refractivity contribution in [2.24, 2.45) is 5.73 Å². The molecule has 0 amide bonds. The second-order valence-corrected chi connectivity index (χ2v) is 8.61. The highest BCUT2D eigenvalue weighted by atomic mass is 32.1. The van der Waals surface area contributed by atoms with Crippen LogP contribution >= 0.6 is 11.3 Å². The van der Waals surface area contributed by atoms with Crippen molar-refractivity contribution < 1.29 is 24.9 Å². The molecule has 0 radical (unpaired) electrons. The molecule has 5 N–H and O–H groups in total. The average molecular weight is 446 g/mol. The first-order chi connectivity index (χ1) is 14.7. The number of unbranched alkanes of at least 4 members (excludes halogenated alkanes) is 1. The fourth-order valence-corrected chi connectivity index (χ4v) is 3.46. The van der Waals surface area contributed by atoms with Gasteiger partial charge >= 0.3 is 11.9 Å². The molecule has 0 aliphatic carbocycles. The molecule has 1 aromatic carbocycles. The van der Waals surface area contributed by atoms with Crippen LogP contribution < -0.4 is 5.73 Å². The molecule has 1 unspecified atom stereocenters. The summed E-state index contributed by atoms with van der Waals surface area (Å²) in [6, 6.07) is 15.0. The summed E-state index contributed by atoms with van der Waals surface area (Å²) in [6.07, 6.45) is 10.8. The Bertz CT molecular complexity index is 840. The fraction of sp³-hybridized carbons (Fsp3) is 0.333. The lowest BCUT2D eigenvalue weighted by atomic mass is 9.98. The van der Waals surface area contributed by atoms with Gasteiger partial charge in [0.15, 0.2) is 0 Å². The molecule has 1 atom stereocenters. The van der Waals surface area contributed by atoms with Crippen molar-refractivity contribution in [1.29, 1.82) is 0 Å². The van der Waals surface area contributed by atoms with Crippen LogP contribution in [0.3, 0.4) is 0 Å². The zero-order valence-electron chi connectivity index (χ0n) is 17.7. The number of aliphatic hydroxyl groups excluding tert-OH is 1. The minimum absolute atomic E-state index is 0.0343. The molecule has 1 heterocycles. The van der Waals surface area contributed by atoms with Crippen LogP contribution in [0.5, 0.6) is 0 Å². The third-order valence-electron chi connectivity index (χ3n) is 4.32. The molecule has 2 rings (SSSR count). The Labute approximate surface area is 187 Å². The van der Waals surface area contributed by atoms with E-state index >= 15 is 0 Å². The minimum Gasteiger partial charge on any atom is -0.478 e. The number of allylic oxidation sites excluding steroid dienone is 1. The molecular formula is C24H31NO5S. The lowest BCUT2D eigenvalue weighted by Gasteiger charge is -2.20. The van der Waals surface area contributed by atoms with E-state index in [9.17, 15) is 14.7 Å². The molecule has 6 nitrogen and oxygen atoms in total. The summed E-state index contributed by atoms with van der Waals surface area (Å²) < 4.78 is 0. The lowest BCUT2D eigenvalue weighted by molar-refractivity contribution is -0.134. The summed E-state index contributed by atoms with van der Waals surface area (Å²) in [5.74, 6) is -2.51. The van der Waals surface area contributed by atoms with Gasteiger partial charge < -0.3 is 21.1 Å². The molecule has 2 aromatic rings. The number of carbonyl (C=O) groups is 2. The van der Waals surface area contributed by atoms with Gasteiger partial charge in [-0.3, -0.25) is 0 Å². The predicted octanol–water partition coefficient (Wildman–Crippen LogP) is 4.14. The van der Waals surface area contributed by atoms with Crippen LogP contribution in [0.4, 0.5) is 0 Å². The van der Waals surface area contributed by atoms with E-state index in [2.05, 4.69) is 54.6 Å². The van der Waals surface area contributed by atoms with E-state index in [4.69, 9.17) is 15.9 Å². The molecule has 7 heteroatoms. The number of aliphatic hydroxyl groups is 1. The number of nitrogens with two attached hydrogens (primary N) is 1. The predicted molar refractivity (Wildman–Crippen MR) is 125 cm³/mol. The quantitative estimate of drug-likeness (QED) is 0.305. The zero-order chi connectivity index (χ0) is 23.1. The Morgan fingerprint density at radius 3 is 2.26 bits per heavy atom. The highest BCUT2D eigenvalue weighted by Crippen LogP contribution is 2.21. The van der Waals surface area contributed by atoms with Gasteiger partial charge in [0.25, 0.3) is 0 Å². The normalized spacial score (nSPS) is 13.0. The number of hydrogen-bond donors (Lipinski definition) is 4. The maximum Gasteiger partial charge on any atom is 0.328 e. The molecule has 0 saturated heterocycles. The molecule has 0 spiro atoms. The Hall–Kier alpha value is -2.74. The number of thiophene rings is 1. The number of carboxylic acid groups (broad SMARTS) is 2. The van der Waals surface area contributed by atoms with E-state index in [0.29, 0.717) is 12.2 Å². The molecule has 0 fully saturated rings. The molecule has 1 aromatic heterocycles. The summed E-state index contributed by atoms with van der Waals surface area (Å²) in [5.41, 5.74) is 6.91. The van der Waals surface area contributed by atoms with E-state index in [-0.39, 0.29) is 6.61 Å². The summed E-state index contributed by atoms with van der Waals surface area (Å²) in [7, 11) is 0. The maximum absolute atomic E-state index is 9.55. The smallest absolute Gasteiger partial charge is 0.328 e. The summed E-state index contributed by atoms with van der Waals surface area (Å²) >= 11 is 1.81. The monoisotopic (exact) mass is 445 g/mol. The number of aliphatic carboxylic acids is 2. The molecule has 0 bridgehead atoms. The first-order valence-electron chi connectivity index (χ1n) is 10.0. The number of hydrogen-bond acceptors (Lipinski definition) is 5. The summed E-state index contributed by atoms with van der Waals surface area (Å²) in [4.78, 5) is 21.7. The van der Waals surface area contributed by atoms with E-state index in [0.717, 1.165) is 25.7 Å². The Morgan fingerprint density at radius 2 is 1.68 bits per heavy atom. The Balaban J connectivity index is 0.000000512. The average Bonchev–Trinajstić information content (AvgIpc) is 3.20. The van der Waals surface area contributed by atoms with Crippen LogP contribution in [-0.2, 0) is 22.4 Å². The number of carboxylic acids is 2. The van der Waals surface area contributed by atoms with E-state index < -0.39 is 17.5 Å². The van der Waals surface area contributed by atoms with Crippen molar-refractivity contribution in [1.82, 2.24) is 0 Å². The largest absolute Gasteiger partial charge is 0.478 e. The van der Waals surface area contributed by atoms with Crippen molar-refractivity contribution in [2.75, 3.05) is 6.61 Å². The zero-order valence-corrected chi connectivity index (χ0v) is 18.6. The van der Waals surface area contributed by atoms with Crippen molar-refractivity contribution in [3.8, 4) is 0 Å².